The molecule has 1 N–H and O–H groups in total. The van der Waals surface area contributed by atoms with Gasteiger partial charge in [0.1, 0.15) is 0 Å². The van der Waals surface area contributed by atoms with E-state index >= 15 is 0 Å². The van der Waals surface area contributed by atoms with Gasteiger partial charge in [0.15, 0.2) is 0 Å². The van der Waals surface area contributed by atoms with Crippen LogP contribution in [-0.2, 0) is 14.8 Å². The lowest BCUT2D eigenvalue weighted by Crippen LogP contribution is -2.33. The van der Waals surface area contributed by atoms with Crippen LogP contribution in [0.5, 0.6) is 0 Å². The van der Waals surface area contributed by atoms with Crippen molar-refractivity contribution in [2.75, 3.05) is 12.9 Å². The molecule has 0 aliphatic heterocycles. The molecule has 0 radical (unpaired) electrons. The summed E-state index contributed by atoms with van der Waals surface area (Å²) in [5.74, 6) is -0.0526. The van der Waals surface area contributed by atoms with E-state index in [1.165, 1.54) is 7.11 Å². The molecule has 2 rings (SSSR count). The maximum Gasteiger partial charge on any atom is 0.214 e. The van der Waals surface area contributed by atoms with Crippen LogP contribution in [0, 0.1) is 0 Å². The second-order valence-corrected chi connectivity index (χ2v) is 7.32. The third-order valence-corrected chi connectivity index (χ3v) is 5.26. The lowest BCUT2D eigenvalue weighted by Gasteiger charge is -2.17. The second-order valence-electron chi connectivity index (χ2n) is 5.53. The third-order valence-electron chi connectivity index (χ3n) is 3.64. The first-order chi connectivity index (χ1) is 10.9. The van der Waals surface area contributed by atoms with Gasteiger partial charge in [-0.3, -0.25) is 4.98 Å². The molecule has 0 fully saturated rings. The average molecular weight is 334 g/mol. The van der Waals surface area contributed by atoms with Crippen LogP contribution in [0.1, 0.15) is 25.5 Å². The molecule has 0 aliphatic carbocycles. The zero-order valence-corrected chi connectivity index (χ0v) is 14.4. The summed E-state index contributed by atoms with van der Waals surface area (Å²) in [5.41, 5.74) is 3.06. The molecule has 0 spiro atoms. The second kappa shape index (κ2) is 7.68. The van der Waals surface area contributed by atoms with E-state index in [0.29, 0.717) is 0 Å². The van der Waals surface area contributed by atoms with Gasteiger partial charge in [-0.05, 0) is 42.7 Å². The van der Waals surface area contributed by atoms with Gasteiger partial charge in [0.05, 0.1) is 11.9 Å². The predicted molar refractivity (Wildman–Crippen MR) is 91.5 cm³/mol. The molecular weight excluding hydrogens is 312 g/mol. The highest BCUT2D eigenvalue weighted by Gasteiger charge is 2.19. The number of benzene rings is 1. The van der Waals surface area contributed by atoms with Crippen molar-refractivity contribution in [3.8, 4) is 11.1 Å². The summed E-state index contributed by atoms with van der Waals surface area (Å²) >= 11 is 0. The maximum atomic E-state index is 12.1. The van der Waals surface area contributed by atoms with Crippen molar-refractivity contribution in [1.82, 2.24) is 9.71 Å². The summed E-state index contributed by atoms with van der Waals surface area (Å²) in [5, 5.41) is 0. The van der Waals surface area contributed by atoms with Crippen LogP contribution < -0.4 is 4.72 Å². The number of ether oxygens (including phenoxy) is 1. The number of nitrogens with zero attached hydrogens (tertiary/aromatic N) is 1. The molecule has 1 aromatic carbocycles. The molecule has 2 atom stereocenters. The van der Waals surface area contributed by atoms with Crippen molar-refractivity contribution in [2.45, 2.75) is 26.0 Å². The van der Waals surface area contributed by atoms with Crippen molar-refractivity contribution >= 4 is 10.0 Å². The minimum atomic E-state index is -3.39. The number of methoxy groups -OCH3 is 1. The summed E-state index contributed by atoms with van der Waals surface area (Å²) in [6.07, 6.45) is 3.15. The minimum Gasteiger partial charge on any atom is -0.381 e. The van der Waals surface area contributed by atoms with E-state index < -0.39 is 10.0 Å². The molecular formula is C17H22N2O3S. The Morgan fingerprint density at radius 1 is 1.04 bits per heavy atom. The monoisotopic (exact) mass is 334 g/mol. The highest BCUT2D eigenvalue weighted by Crippen LogP contribution is 2.21. The van der Waals surface area contributed by atoms with E-state index in [-0.39, 0.29) is 17.9 Å². The third kappa shape index (κ3) is 5.13. The molecule has 124 valence electrons. The van der Waals surface area contributed by atoms with Crippen LogP contribution >= 0.6 is 0 Å². The number of nitrogens with one attached hydrogen (secondary N) is 1. The predicted octanol–water partition coefficient (Wildman–Crippen LogP) is 2.76. The Morgan fingerprint density at radius 2 is 1.61 bits per heavy atom. The smallest absolute Gasteiger partial charge is 0.214 e. The van der Waals surface area contributed by atoms with Crippen molar-refractivity contribution in [1.29, 1.82) is 0 Å². The first-order valence-electron chi connectivity index (χ1n) is 7.44. The molecule has 0 aliphatic rings. The quantitative estimate of drug-likeness (QED) is 0.845. The fourth-order valence-corrected chi connectivity index (χ4v) is 3.80. The van der Waals surface area contributed by atoms with Crippen molar-refractivity contribution in [2.24, 2.45) is 0 Å². The Bertz CT molecular complexity index is 715. The number of pyridine rings is 1. The van der Waals surface area contributed by atoms with Gasteiger partial charge in [0.25, 0.3) is 0 Å². The van der Waals surface area contributed by atoms with Gasteiger partial charge in [0.2, 0.25) is 10.0 Å². The Balaban J connectivity index is 2.07. The van der Waals surface area contributed by atoms with Crippen LogP contribution in [-0.4, -0.2) is 32.4 Å². The number of sulfonamides is 1. The molecule has 1 aromatic heterocycles. The van der Waals surface area contributed by atoms with Crippen molar-refractivity contribution in [3.63, 3.8) is 0 Å². The first kappa shape index (κ1) is 17.6. The summed E-state index contributed by atoms with van der Waals surface area (Å²) in [6, 6.07) is 11.4. The lowest BCUT2D eigenvalue weighted by atomic mass is 10.0. The molecule has 5 nitrogen and oxygen atoms in total. The van der Waals surface area contributed by atoms with Crippen LogP contribution in [0.4, 0.5) is 0 Å². The molecule has 0 amide bonds. The fourth-order valence-electron chi connectivity index (χ4n) is 2.27. The number of hydrogen-bond donors (Lipinski definition) is 1. The van der Waals surface area contributed by atoms with Gasteiger partial charge in [0, 0.05) is 25.5 Å². The summed E-state index contributed by atoms with van der Waals surface area (Å²) in [6.45, 7) is 3.56. The largest absolute Gasteiger partial charge is 0.381 e. The fraction of sp³-hybridized carbons (Fsp3) is 0.353. The number of rotatable bonds is 7. The van der Waals surface area contributed by atoms with Crippen LogP contribution in [0.2, 0.25) is 0 Å². The molecule has 0 saturated heterocycles. The van der Waals surface area contributed by atoms with E-state index in [9.17, 15) is 8.42 Å². The Labute approximate surface area is 137 Å². The number of hydrogen-bond acceptors (Lipinski definition) is 4. The first-order valence-corrected chi connectivity index (χ1v) is 9.09. The SMILES string of the molecule is CO[C@@H](C)CS(=O)(=O)N[C@H](C)c1ccc(-c2ccncc2)cc1. The maximum absolute atomic E-state index is 12.1. The zero-order chi connectivity index (χ0) is 16.9. The van der Waals surface area contributed by atoms with Gasteiger partial charge >= 0.3 is 0 Å². The lowest BCUT2D eigenvalue weighted by molar-refractivity contribution is 0.136. The minimum absolute atomic E-state index is 0.0526. The summed E-state index contributed by atoms with van der Waals surface area (Å²) < 4.78 is 31.8. The van der Waals surface area contributed by atoms with Gasteiger partial charge in [-0.25, -0.2) is 13.1 Å². The van der Waals surface area contributed by atoms with E-state index in [4.69, 9.17) is 4.74 Å². The summed E-state index contributed by atoms with van der Waals surface area (Å²) in [7, 11) is -1.88. The molecule has 23 heavy (non-hydrogen) atoms. The zero-order valence-electron chi connectivity index (χ0n) is 13.6. The molecule has 2 aromatic rings. The van der Waals surface area contributed by atoms with Crippen molar-refractivity contribution in [3.05, 3.63) is 54.4 Å². The summed E-state index contributed by atoms with van der Waals surface area (Å²) in [4.78, 5) is 4.00. The highest BCUT2D eigenvalue weighted by atomic mass is 32.2. The molecule has 6 heteroatoms. The van der Waals surface area contributed by atoms with Crippen molar-refractivity contribution < 1.29 is 13.2 Å². The van der Waals surface area contributed by atoms with Crippen LogP contribution in [0.15, 0.2) is 48.8 Å². The number of aromatic nitrogens is 1. The molecule has 0 unspecified atom stereocenters. The Hall–Kier alpha value is -1.76. The standard InChI is InChI=1S/C17H22N2O3S/c1-13(22-3)12-23(20,21)19-14(2)15-4-6-16(7-5-15)17-8-10-18-11-9-17/h4-11,13-14,19H,12H2,1-3H3/t13-,14+/m0/s1. The Morgan fingerprint density at radius 3 is 2.17 bits per heavy atom. The molecule has 1 heterocycles. The van der Waals surface area contributed by atoms with E-state index in [0.717, 1.165) is 16.7 Å². The van der Waals surface area contributed by atoms with Gasteiger partial charge in [-0.15, -0.1) is 0 Å². The van der Waals surface area contributed by atoms with E-state index in [2.05, 4.69) is 9.71 Å². The van der Waals surface area contributed by atoms with Crippen LogP contribution in [0.25, 0.3) is 11.1 Å². The van der Waals surface area contributed by atoms with Gasteiger partial charge < -0.3 is 4.74 Å². The normalized spacial score (nSPS) is 14.4. The molecule has 0 saturated carbocycles. The van der Waals surface area contributed by atoms with E-state index in [1.54, 1.807) is 19.3 Å². The average Bonchev–Trinajstić information content (AvgIpc) is 2.54. The molecule has 0 bridgehead atoms. The van der Waals surface area contributed by atoms with E-state index in [1.807, 2.05) is 43.3 Å². The van der Waals surface area contributed by atoms with Crippen LogP contribution in [0.3, 0.4) is 0 Å². The van der Waals surface area contributed by atoms with Gasteiger partial charge in [-0.1, -0.05) is 24.3 Å². The topological polar surface area (TPSA) is 68.3 Å². The van der Waals surface area contributed by atoms with Gasteiger partial charge in [-0.2, -0.15) is 0 Å². The Kier molecular flexibility index (Phi) is 5.87. The highest BCUT2D eigenvalue weighted by molar-refractivity contribution is 7.89.